The SMILES string of the molecule is COc1cccc(NC(=O)C(C)(C)c2ccc3c(c2)OCCO3)c1. The first-order valence-corrected chi connectivity index (χ1v) is 7.86. The van der Waals surface area contributed by atoms with Gasteiger partial charge in [-0.1, -0.05) is 12.1 Å². The van der Waals surface area contributed by atoms with Crippen molar-refractivity contribution < 1.29 is 19.0 Å². The van der Waals surface area contributed by atoms with Crippen LogP contribution in [-0.4, -0.2) is 26.2 Å². The standard InChI is InChI=1S/C19H21NO4/c1-19(2,13-7-8-16-17(11-13)24-10-9-23-16)18(21)20-14-5-4-6-15(12-14)22-3/h4-8,11-12H,9-10H2,1-3H3,(H,20,21). The Labute approximate surface area is 141 Å². The lowest BCUT2D eigenvalue weighted by atomic mass is 9.83. The molecule has 3 rings (SSSR count). The minimum atomic E-state index is -0.723. The van der Waals surface area contributed by atoms with Gasteiger partial charge in [-0.25, -0.2) is 0 Å². The van der Waals surface area contributed by atoms with Gasteiger partial charge in [-0.15, -0.1) is 0 Å². The molecule has 1 heterocycles. The fourth-order valence-corrected chi connectivity index (χ4v) is 2.55. The van der Waals surface area contributed by atoms with Crippen LogP contribution in [0.2, 0.25) is 0 Å². The lowest BCUT2D eigenvalue weighted by Gasteiger charge is -2.26. The van der Waals surface area contributed by atoms with Crippen molar-refractivity contribution in [3.05, 3.63) is 48.0 Å². The number of carbonyl (C=O) groups is 1. The molecule has 1 N–H and O–H groups in total. The maximum absolute atomic E-state index is 12.8. The highest BCUT2D eigenvalue weighted by Gasteiger charge is 2.31. The van der Waals surface area contributed by atoms with E-state index in [1.165, 1.54) is 0 Å². The summed E-state index contributed by atoms with van der Waals surface area (Å²) in [5.74, 6) is 1.99. The topological polar surface area (TPSA) is 56.8 Å². The molecule has 0 aromatic heterocycles. The molecule has 0 saturated carbocycles. The molecule has 2 aromatic carbocycles. The van der Waals surface area contributed by atoms with Gasteiger partial charge in [0.15, 0.2) is 11.5 Å². The normalized spacial score (nSPS) is 13.3. The number of ether oxygens (including phenoxy) is 3. The maximum Gasteiger partial charge on any atom is 0.234 e. The molecular formula is C19H21NO4. The molecule has 0 aliphatic carbocycles. The molecular weight excluding hydrogens is 306 g/mol. The Morgan fingerprint density at radius 3 is 2.58 bits per heavy atom. The van der Waals surface area contributed by atoms with Gasteiger partial charge in [0.2, 0.25) is 5.91 Å². The predicted octanol–water partition coefficient (Wildman–Crippen LogP) is 3.38. The molecule has 2 aromatic rings. The van der Waals surface area contributed by atoms with E-state index in [1.54, 1.807) is 13.2 Å². The van der Waals surface area contributed by atoms with Crippen LogP contribution in [0.1, 0.15) is 19.4 Å². The molecule has 5 heteroatoms. The lowest BCUT2D eigenvalue weighted by Crippen LogP contribution is -2.34. The first kappa shape index (κ1) is 16.2. The number of benzene rings is 2. The lowest BCUT2D eigenvalue weighted by molar-refractivity contribution is -0.120. The first-order chi connectivity index (χ1) is 11.5. The Morgan fingerprint density at radius 2 is 1.83 bits per heavy atom. The van der Waals surface area contributed by atoms with E-state index in [9.17, 15) is 4.79 Å². The van der Waals surface area contributed by atoms with Gasteiger partial charge in [0.05, 0.1) is 12.5 Å². The molecule has 0 fully saturated rings. The summed E-state index contributed by atoms with van der Waals surface area (Å²) in [7, 11) is 1.60. The second kappa shape index (κ2) is 6.43. The number of hydrogen-bond donors (Lipinski definition) is 1. The van der Waals surface area contributed by atoms with Gasteiger partial charge in [-0.3, -0.25) is 4.79 Å². The minimum absolute atomic E-state index is 0.104. The van der Waals surface area contributed by atoms with Crippen molar-refractivity contribution in [3.8, 4) is 17.2 Å². The molecule has 1 aliphatic heterocycles. The van der Waals surface area contributed by atoms with Gasteiger partial charge in [0, 0.05) is 11.8 Å². The van der Waals surface area contributed by atoms with Crippen molar-refractivity contribution in [1.29, 1.82) is 0 Å². The van der Waals surface area contributed by atoms with Crippen LogP contribution >= 0.6 is 0 Å². The van der Waals surface area contributed by atoms with Crippen molar-refractivity contribution in [1.82, 2.24) is 0 Å². The Hall–Kier alpha value is -2.69. The van der Waals surface area contributed by atoms with E-state index >= 15 is 0 Å². The highest BCUT2D eigenvalue weighted by molar-refractivity contribution is 5.98. The third-order valence-corrected chi connectivity index (χ3v) is 4.16. The van der Waals surface area contributed by atoms with E-state index in [4.69, 9.17) is 14.2 Å². The second-order valence-electron chi connectivity index (χ2n) is 6.17. The summed E-state index contributed by atoms with van der Waals surface area (Å²) in [6.45, 7) is 4.83. The minimum Gasteiger partial charge on any atom is -0.497 e. The molecule has 24 heavy (non-hydrogen) atoms. The van der Waals surface area contributed by atoms with Crippen molar-refractivity contribution >= 4 is 11.6 Å². The molecule has 1 aliphatic rings. The number of carbonyl (C=O) groups excluding carboxylic acids is 1. The average molecular weight is 327 g/mol. The first-order valence-electron chi connectivity index (χ1n) is 7.86. The van der Waals surface area contributed by atoms with Gasteiger partial charge in [-0.2, -0.15) is 0 Å². The maximum atomic E-state index is 12.8. The van der Waals surface area contributed by atoms with Gasteiger partial charge in [0.1, 0.15) is 19.0 Å². The molecule has 126 valence electrons. The van der Waals surface area contributed by atoms with E-state index in [0.29, 0.717) is 36.1 Å². The summed E-state index contributed by atoms with van der Waals surface area (Å²) in [6, 6.07) is 12.9. The van der Waals surface area contributed by atoms with E-state index in [-0.39, 0.29) is 5.91 Å². The van der Waals surface area contributed by atoms with E-state index in [1.807, 2.05) is 50.2 Å². The summed E-state index contributed by atoms with van der Waals surface area (Å²) in [5, 5.41) is 2.94. The number of nitrogens with one attached hydrogen (secondary N) is 1. The van der Waals surface area contributed by atoms with Crippen molar-refractivity contribution in [2.75, 3.05) is 25.6 Å². The van der Waals surface area contributed by atoms with Crippen LogP contribution in [0, 0.1) is 0 Å². The number of anilines is 1. The smallest absolute Gasteiger partial charge is 0.234 e. The zero-order valence-corrected chi connectivity index (χ0v) is 14.1. The van der Waals surface area contributed by atoms with E-state index < -0.39 is 5.41 Å². The van der Waals surface area contributed by atoms with Crippen LogP contribution in [-0.2, 0) is 10.2 Å². The molecule has 0 spiro atoms. The van der Waals surface area contributed by atoms with E-state index in [0.717, 1.165) is 5.56 Å². The summed E-state index contributed by atoms with van der Waals surface area (Å²) in [5.41, 5.74) is 0.843. The second-order valence-corrected chi connectivity index (χ2v) is 6.17. The van der Waals surface area contributed by atoms with Crippen molar-refractivity contribution in [2.24, 2.45) is 0 Å². The fraction of sp³-hybridized carbons (Fsp3) is 0.316. The molecule has 0 saturated heterocycles. The fourth-order valence-electron chi connectivity index (χ4n) is 2.55. The van der Waals surface area contributed by atoms with Crippen LogP contribution < -0.4 is 19.5 Å². The molecule has 1 amide bonds. The average Bonchev–Trinajstić information content (AvgIpc) is 2.61. The van der Waals surface area contributed by atoms with Crippen LogP contribution in [0.4, 0.5) is 5.69 Å². The van der Waals surface area contributed by atoms with Crippen molar-refractivity contribution in [2.45, 2.75) is 19.3 Å². The zero-order valence-electron chi connectivity index (χ0n) is 14.1. The third-order valence-electron chi connectivity index (χ3n) is 4.16. The number of fused-ring (bicyclic) bond motifs is 1. The molecule has 0 bridgehead atoms. The van der Waals surface area contributed by atoms with Crippen LogP contribution in [0.3, 0.4) is 0 Å². The number of amides is 1. The van der Waals surface area contributed by atoms with Gasteiger partial charge in [0.25, 0.3) is 0 Å². The number of hydrogen-bond acceptors (Lipinski definition) is 4. The zero-order chi connectivity index (χ0) is 17.2. The Kier molecular flexibility index (Phi) is 4.34. The largest absolute Gasteiger partial charge is 0.497 e. The van der Waals surface area contributed by atoms with Gasteiger partial charge in [-0.05, 0) is 43.7 Å². The Balaban J connectivity index is 1.82. The van der Waals surface area contributed by atoms with Crippen LogP contribution in [0.15, 0.2) is 42.5 Å². The number of rotatable bonds is 4. The van der Waals surface area contributed by atoms with Crippen LogP contribution in [0.5, 0.6) is 17.2 Å². The van der Waals surface area contributed by atoms with Crippen LogP contribution in [0.25, 0.3) is 0 Å². The van der Waals surface area contributed by atoms with Gasteiger partial charge >= 0.3 is 0 Å². The summed E-state index contributed by atoms with van der Waals surface area (Å²) in [4.78, 5) is 12.8. The Bertz CT molecular complexity index is 755. The molecule has 0 radical (unpaired) electrons. The predicted molar refractivity (Wildman–Crippen MR) is 92.1 cm³/mol. The van der Waals surface area contributed by atoms with E-state index in [2.05, 4.69) is 5.32 Å². The highest BCUT2D eigenvalue weighted by Crippen LogP contribution is 2.35. The quantitative estimate of drug-likeness (QED) is 0.935. The number of methoxy groups -OCH3 is 1. The third kappa shape index (κ3) is 3.15. The highest BCUT2D eigenvalue weighted by atomic mass is 16.6. The molecule has 5 nitrogen and oxygen atoms in total. The van der Waals surface area contributed by atoms with Crippen molar-refractivity contribution in [3.63, 3.8) is 0 Å². The van der Waals surface area contributed by atoms with Gasteiger partial charge < -0.3 is 19.5 Å². The Morgan fingerprint density at radius 1 is 1.08 bits per heavy atom. The summed E-state index contributed by atoms with van der Waals surface area (Å²) >= 11 is 0. The summed E-state index contributed by atoms with van der Waals surface area (Å²) in [6.07, 6.45) is 0. The molecule has 0 unspecified atom stereocenters. The molecule has 0 atom stereocenters. The monoisotopic (exact) mass is 327 g/mol. The summed E-state index contributed by atoms with van der Waals surface area (Å²) < 4.78 is 16.3.